The fraction of sp³-hybridized carbons (Fsp3) is 0.471. The minimum Gasteiger partial charge on any atom is -0.494 e. The van der Waals surface area contributed by atoms with Crippen molar-refractivity contribution >= 4 is 34.4 Å². The van der Waals surface area contributed by atoms with Crippen molar-refractivity contribution in [3.8, 4) is 5.75 Å². The van der Waals surface area contributed by atoms with Gasteiger partial charge in [-0.1, -0.05) is 24.3 Å². The molecule has 2 aliphatic heterocycles. The molecule has 3 aromatic rings. The SMILES string of the molecule is CCOC(=O)CSc1ccc(CC2CCN(C3CCN(C(=O)c4cccc5cc(OCC)ccc45)CC3)CC2)cc1. The van der Waals surface area contributed by atoms with Crippen LogP contribution in [0, 0.1) is 5.92 Å². The van der Waals surface area contributed by atoms with E-state index in [4.69, 9.17) is 9.47 Å². The average molecular weight is 575 g/mol. The van der Waals surface area contributed by atoms with Gasteiger partial charge in [-0.05, 0) is 118 Å². The maximum atomic E-state index is 13.5. The van der Waals surface area contributed by atoms with Gasteiger partial charge >= 0.3 is 5.97 Å². The van der Waals surface area contributed by atoms with Crippen molar-refractivity contribution in [1.82, 2.24) is 9.80 Å². The normalized spacial score (nSPS) is 17.1. The second-order valence-electron chi connectivity index (χ2n) is 11.1. The molecule has 2 fully saturated rings. The molecule has 0 saturated carbocycles. The number of amides is 1. The number of hydrogen-bond donors (Lipinski definition) is 0. The highest BCUT2D eigenvalue weighted by atomic mass is 32.2. The van der Waals surface area contributed by atoms with Crippen LogP contribution in [-0.4, -0.2) is 72.9 Å². The summed E-state index contributed by atoms with van der Waals surface area (Å²) in [4.78, 5) is 30.9. The summed E-state index contributed by atoms with van der Waals surface area (Å²) < 4.78 is 10.7. The summed E-state index contributed by atoms with van der Waals surface area (Å²) in [6.07, 6.45) is 5.64. The first-order valence-electron chi connectivity index (χ1n) is 15.1. The van der Waals surface area contributed by atoms with Crippen LogP contribution in [0.5, 0.6) is 5.75 Å². The van der Waals surface area contributed by atoms with Crippen molar-refractivity contribution in [1.29, 1.82) is 0 Å². The van der Waals surface area contributed by atoms with Gasteiger partial charge in [-0.15, -0.1) is 11.8 Å². The number of benzene rings is 3. The van der Waals surface area contributed by atoms with E-state index in [1.165, 1.54) is 30.2 Å². The molecule has 0 bridgehead atoms. The summed E-state index contributed by atoms with van der Waals surface area (Å²) >= 11 is 1.53. The summed E-state index contributed by atoms with van der Waals surface area (Å²) in [6, 6.07) is 21.2. The second-order valence-corrected chi connectivity index (χ2v) is 12.1. The predicted octanol–water partition coefficient (Wildman–Crippen LogP) is 6.45. The molecule has 0 aliphatic carbocycles. The molecule has 5 rings (SSSR count). The van der Waals surface area contributed by atoms with Gasteiger partial charge in [-0.25, -0.2) is 0 Å². The number of nitrogens with zero attached hydrogens (tertiary/aromatic N) is 2. The zero-order valence-corrected chi connectivity index (χ0v) is 25.2. The summed E-state index contributed by atoms with van der Waals surface area (Å²) in [5.74, 6) is 1.89. The van der Waals surface area contributed by atoms with Crippen molar-refractivity contribution in [2.45, 2.75) is 56.9 Å². The molecule has 0 radical (unpaired) electrons. The number of piperidine rings is 2. The number of esters is 1. The molecule has 41 heavy (non-hydrogen) atoms. The molecule has 2 saturated heterocycles. The molecule has 0 N–H and O–H groups in total. The van der Waals surface area contributed by atoms with Crippen LogP contribution in [0.3, 0.4) is 0 Å². The molecule has 3 aromatic carbocycles. The van der Waals surface area contributed by atoms with Crippen molar-refractivity contribution < 1.29 is 19.1 Å². The van der Waals surface area contributed by atoms with Crippen LogP contribution in [0.4, 0.5) is 0 Å². The number of carbonyl (C=O) groups excluding carboxylic acids is 2. The quantitative estimate of drug-likeness (QED) is 0.205. The Morgan fingerprint density at radius 3 is 2.34 bits per heavy atom. The minimum absolute atomic E-state index is 0.141. The summed E-state index contributed by atoms with van der Waals surface area (Å²) in [5, 5.41) is 2.04. The minimum atomic E-state index is -0.160. The summed E-state index contributed by atoms with van der Waals surface area (Å²) in [7, 11) is 0. The number of hydrogen-bond acceptors (Lipinski definition) is 6. The van der Waals surface area contributed by atoms with Gasteiger partial charge < -0.3 is 19.3 Å². The lowest BCUT2D eigenvalue weighted by Gasteiger charge is -2.42. The lowest BCUT2D eigenvalue weighted by atomic mass is 9.88. The first-order chi connectivity index (χ1) is 20.0. The molecule has 1 amide bonds. The zero-order chi connectivity index (χ0) is 28.6. The van der Waals surface area contributed by atoms with Gasteiger partial charge in [0.15, 0.2) is 0 Å². The maximum Gasteiger partial charge on any atom is 0.316 e. The smallest absolute Gasteiger partial charge is 0.316 e. The van der Waals surface area contributed by atoms with Crippen LogP contribution in [0.1, 0.15) is 55.5 Å². The molecule has 7 heteroatoms. The zero-order valence-electron chi connectivity index (χ0n) is 24.3. The monoisotopic (exact) mass is 574 g/mol. The molecule has 0 unspecified atom stereocenters. The van der Waals surface area contributed by atoms with E-state index in [0.29, 0.717) is 30.9 Å². The molecular formula is C34H42N2O4S. The topological polar surface area (TPSA) is 59.1 Å². The Balaban J connectivity index is 1.07. The third-order valence-electron chi connectivity index (χ3n) is 8.42. The largest absolute Gasteiger partial charge is 0.494 e. The highest BCUT2D eigenvalue weighted by Crippen LogP contribution is 2.29. The highest BCUT2D eigenvalue weighted by molar-refractivity contribution is 8.00. The number of likely N-dealkylation sites (tertiary alicyclic amines) is 2. The molecule has 2 heterocycles. The van der Waals surface area contributed by atoms with Crippen LogP contribution < -0.4 is 4.74 Å². The van der Waals surface area contributed by atoms with Crippen molar-refractivity contribution in [2.75, 3.05) is 45.1 Å². The number of thioether (sulfide) groups is 1. The Morgan fingerprint density at radius 1 is 0.878 bits per heavy atom. The molecule has 218 valence electrons. The van der Waals surface area contributed by atoms with E-state index in [1.807, 2.05) is 55.1 Å². The second kappa shape index (κ2) is 14.2. The van der Waals surface area contributed by atoms with E-state index in [-0.39, 0.29) is 11.9 Å². The Hall–Kier alpha value is -3.03. The van der Waals surface area contributed by atoms with Crippen LogP contribution in [0.25, 0.3) is 10.8 Å². The number of fused-ring (bicyclic) bond motifs is 1. The van der Waals surface area contributed by atoms with Crippen LogP contribution in [0.2, 0.25) is 0 Å². The molecular weight excluding hydrogens is 532 g/mol. The van der Waals surface area contributed by atoms with Gasteiger partial charge in [0.2, 0.25) is 0 Å². The first-order valence-corrected chi connectivity index (χ1v) is 16.1. The Morgan fingerprint density at radius 2 is 1.63 bits per heavy atom. The van der Waals surface area contributed by atoms with E-state index >= 15 is 0 Å². The van der Waals surface area contributed by atoms with Crippen molar-refractivity contribution in [3.63, 3.8) is 0 Å². The van der Waals surface area contributed by atoms with Gasteiger partial charge in [-0.2, -0.15) is 0 Å². The van der Waals surface area contributed by atoms with Crippen LogP contribution in [0.15, 0.2) is 65.6 Å². The molecule has 2 aliphatic rings. The number of rotatable bonds is 10. The highest BCUT2D eigenvalue weighted by Gasteiger charge is 2.30. The van der Waals surface area contributed by atoms with Crippen molar-refractivity contribution in [2.24, 2.45) is 5.92 Å². The standard InChI is InChI=1S/C34H42N2O4S/c1-3-39-29-10-13-31-27(23-29)6-5-7-32(31)34(38)36-20-16-28(17-21-36)35-18-14-26(15-19-35)22-25-8-11-30(12-9-25)41-24-33(37)40-4-2/h5-13,23,26,28H,3-4,14-22,24H2,1-2H3. The summed E-state index contributed by atoms with van der Waals surface area (Å²) in [6.45, 7) is 8.79. The summed E-state index contributed by atoms with van der Waals surface area (Å²) in [5.41, 5.74) is 2.16. The number of ether oxygens (including phenoxy) is 2. The maximum absolute atomic E-state index is 13.5. The third kappa shape index (κ3) is 7.63. The third-order valence-corrected chi connectivity index (χ3v) is 9.41. The molecule has 6 nitrogen and oxygen atoms in total. The fourth-order valence-corrected chi connectivity index (χ4v) is 6.93. The van der Waals surface area contributed by atoms with Crippen LogP contribution in [-0.2, 0) is 16.0 Å². The van der Waals surface area contributed by atoms with E-state index in [9.17, 15) is 9.59 Å². The van der Waals surface area contributed by atoms with Gasteiger partial charge in [-0.3, -0.25) is 9.59 Å². The molecule has 0 spiro atoms. The van der Waals surface area contributed by atoms with Gasteiger partial charge in [0.05, 0.1) is 19.0 Å². The lowest BCUT2D eigenvalue weighted by molar-refractivity contribution is -0.139. The first kappa shape index (κ1) is 29.5. The Kier molecular flexibility index (Phi) is 10.2. The van der Waals surface area contributed by atoms with E-state index in [2.05, 4.69) is 29.2 Å². The number of carbonyl (C=O) groups is 2. The Bertz CT molecular complexity index is 1310. The van der Waals surface area contributed by atoms with E-state index in [0.717, 1.165) is 72.4 Å². The van der Waals surface area contributed by atoms with Gasteiger partial charge in [0.1, 0.15) is 5.75 Å². The van der Waals surface area contributed by atoms with Crippen LogP contribution >= 0.6 is 11.8 Å². The van der Waals surface area contributed by atoms with E-state index < -0.39 is 0 Å². The molecule has 0 atom stereocenters. The lowest BCUT2D eigenvalue weighted by Crippen LogP contribution is -2.49. The van der Waals surface area contributed by atoms with Crippen molar-refractivity contribution in [3.05, 3.63) is 71.8 Å². The average Bonchev–Trinajstić information content (AvgIpc) is 3.01. The van der Waals surface area contributed by atoms with E-state index in [1.54, 1.807) is 0 Å². The van der Waals surface area contributed by atoms with Gasteiger partial charge in [0.25, 0.3) is 5.91 Å². The Labute approximate surface area is 248 Å². The fourth-order valence-electron chi connectivity index (χ4n) is 6.23. The molecule has 0 aromatic heterocycles. The van der Waals surface area contributed by atoms with Gasteiger partial charge in [0, 0.05) is 29.6 Å². The predicted molar refractivity (Wildman–Crippen MR) is 166 cm³/mol.